The minimum Gasteiger partial charge on any atom is -0.444 e. The van der Waals surface area contributed by atoms with E-state index in [0.29, 0.717) is 25.0 Å². The van der Waals surface area contributed by atoms with Crippen molar-refractivity contribution in [2.75, 3.05) is 12.0 Å². The van der Waals surface area contributed by atoms with Gasteiger partial charge >= 0.3 is 6.09 Å². The number of aliphatic hydroxyl groups is 2. The van der Waals surface area contributed by atoms with Crippen LogP contribution in [0.1, 0.15) is 100 Å². The summed E-state index contributed by atoms with van der Waals surface area (Å²) >= 11 is 1.54. The lowest BCUT2D eigenvalue weighted by Crippen LogP contribution is -2.58. The van der Waals surface area contributed by atoms with Crippen LogP contribution in [0.5, 0.6) is 0 Å². The fourth-order valence-electron chi connectivity index (χ4n) is 5.08. The number of hydrogen-bond acceptors (Lipinski definition) is 8. The van der Waals surface area contributed by atoms with Gasteiger partial charge < -0.3 is 36.2 Å². The molecule has 0 heterocycles. The maximum atomic E-state index is 13.5. The fourth-order valence-corrected chi connectivity index (χ4v) is 5.55. The van der Waals surface area contributed by atoms with Crippen LogP contribution in [0, 0.1) is 17.8 Å². The SMILES string of the molecule is CSCC[C@H](NC(=O)[C@@H](NC(=O)OC(C)(C)C)C(C)C)C(=O)N[C@@H](CC(C)C)[C@@H](O)C[C@@H](C)C(=O)N[C@@H]1CCCC[C@@H]1O. The Morgan fingerprint density at radius 2 is 1.53 bits per heavy atom. The molecule has 43 heavy (non-hydrogen) atoms. The summed E-state index contributed by atoms with van der Waals surface area (Å²) < 4.78 is 5.32. The average Bonchev–Trinajstić information content (AvgIpc) is 2.88. The third-order valence-corrected chi connectivity index (χ3v) is 8.13. The quantitative estimate of drug-likeness (QED) is 0.151. The molecule has 1 aliphatic rings. The number of alkyl carbamates (subject to hydrolysis) is 1. The Morgan fingerprint density at radius 3 is 2.07 bits per heavy atom. The third-order valence-electron chi connectivity index (χ3n) is 7.48. The molecule has 7 atom stereocenters. The van der Waals surface area contributed by atoms with E-state index in [2.05, 4.69) is 21.3 Å². The number of rotatable bonds is 16. The first-order valence-electron chi connectivity index (χ1n) is 15.7. The normalized spacial score (nSPS) is 20.9. The van der Waals surface area contributed by atoms with Crippen LogP contribution in [0.15, 0.2) is 0 Å². The second-order valence-electron chi connectivity index (χ2n) is 13.6. The molecule has 4 amide bonds. The van der Waals surface area contributed by atoms with Gasteiger partial charge in [0.2, 0.25) is 17.7 Å². The smallest absolute Gasteiger partial charge is 0.408 e. The molecule has 6 N–H and O–H groups in total. The van der Waals surface area contributed by atoms with Crippen LogP contribution in [0.2, 0.25) is 0 Å². The number of ether oxygens (including phenoxy) is 1. The van der Waals surface area contributed by atoms with Crippen molar-refractivity contribution in [3.8, 4) is 0 Å². The number of aliphatic hydroxyl groups excluding tert-OH is 2. The molecular weight excluding hydrogens is 572 g/mol. The monoisotopic (exact) mass is 630 g/mol. The molecule has 1 fully saturated rings. The maximum Gasteiger partial charge on any atom is 0.408 e. The lowest BCUT2D eigenvalue weighted by atomic mass is 9.90. The van der Waals surface area contributed by atoms with Gasteiger partial charge in [-0.15, -0.1) is 0 Å². The lowest BCUT2D eigenvalue weighted by Gasteiger charge is -2.32. The molecule has 1 rings (SSSR count). The first kappa shape index (κ1) is 39.0. The Balaban J connectivity index is 2.96. The molecule has 0 unspecified atom stereocenters. The Morgan fingerprint density at radius 1 is 0.907 bits per heavy atom. The summed E-state index contributed by atoms with van der Waals surface area (Å²) in [5.74, 6) is -1.23. The van der Waals surface area contributed by atoms with Gasteiger partial charge in [-0.3, -0.25) is 14.4 Å². The van der Waals surface area contributed by atoms with Gasteiger partial charge in [0.25, 0.3) is 0 Å². The molecule has 1 aliphatic carbocycles. The van der Waals surface area contributed by atoms with E-state index in [9.17, 15) is 29.4 Å². The van der Waals surface area contributed by atoms with Crippen molar-refractivity contribution in [1.29, 1.82) is 0 Å². The van der Waals surface area contributed by atoms with Crippen molar-refractivity contribution in [2.45, 2.75) is 142 Å². The average molecular weight is 631 g/mol. The number of amides is 4. The van der Waals surface area contributed by atoms with Crippen molar-refractivity contribution in [3.63, 3.8) is 0 Å². The zero-order chi connectivity index (χ0) is 32.9. The van der Waals surface area contributed by atoms with E-state index in [1.54, 1.807) is 41.5 Å². The summed E-state index contributed by atoms with van der Waals surface area (Å²) in [5.41, 5.74) is -0.732. The van der Waals surface area contributed by atoms with E-state index in [0.717, 1.165) is 19.3 Å². The number of carbonyl (C=O) groups is 4. The molecule has 0 bridgehead atoms. The Hall–Kier alpha value is -2.05. The summed E-state index contributed by atoms with van der Waals surface area (Å²) in [6.45, 7) is 14.5. The largest absolute Gasteiger partial charge is 0.444 e. The highest BCUT2D eigenvalue weighted by Gasteiger charge is 2.33. The minimum atomic E-state index is -1.00. The van der Waals surface area contributed by atoms with Crippen molar-refractivity contribution < 1.29 is 34.1 Å². The second kappa shape index (κ2) is 18.7. The van der Waals surface area contributed by atoms with E-state index >= 15 is 0 Å². The Bertz CT molecular complexity index is 896. The molecule has 0 aromatic heterocycles. The zero-order valence-electron chi connectivity index (χ0n) is 27.7. The summed E-state index contributed by atoms with van der Waals surface area (Å²) in [4.78, 5) is 52.1. The van der Waals surface area contributed by atoms with Crippen molar-refractivity contribution in [2.24, 2.45) is 17.8 Å². The van der Waals surface area contributed by atoms with Crippen LogP contribution in [0.3, 0.4) is 0 Å². The van der Waals surface area contributed by atoms with Gasteiger partial charge in [-0.25, -0.2) is 4.79 Å². The number of hydrogen-bond donors (Lipinski definition) is 6. The van der Waals surface area contributed by atoms with Crippen LogP contribution in [-0.4, -0.2) is 88.0 Å². The van der Waals surface area contributed by atoms with E-state index in [1.165, 1.54) is 11.8 Å². The first-order valence-corrected chi connectivity index (χ1v) is 17.1. The summed E-state index contributed by atoms with van der Waals surface area (Å²) in [5, 5.41) is 32.7. The molecule has 11 nitrogen and oxygen atoms in total. The van der Waals surface area contributed by atoms with Crippen LogP contribution >= 0.6 is 11.8 Å². The summed E-state index contributed by atoms with van der Waals surface area (Å²) in [7, 11) is 0. The Kier molecular flexibility index (Phi) is 16.9. The van der Waals surface area contributed by atoms with Crippen LogP contribution in [-0.2, 0) is 19.1 Å². The molecular formula is C31H58N4O7S. The van der Waals surface area contributed by atoms with Gasteiger partial charge in [-0.1, -0.05) is 47.5 Å². The second-order valence-corrected chi connectivity index (χ2v) is 14.6. The molecule has 12 heteroatoms. The van der Waals surface area contributed by atoms with Gasteiger partial charge in [0.1, 0.15) is 17.7 Å². The van der Waals surface area contributed by atoms with Crippen LogP contribution < -0.4 is 21.3 Å². The number of nitrogens with one attached hydrogen (secondary N) is 4. The highest BCUT2D eigenvalue weighted by Crippen LogP contribution is 2.21. The fraction of sp³-hybridized carbons (Fsp3) is 0.871. The first-order chi connectivity index (χ1) is 19.9. The Labute approximate surface area is 262 Å². The summed E-state index contributed by atoms with van der Waals surface area (Å²) in [6, 6.07) is -2.74. The lowest BCUT2D eigenvalue weighted by molar-refractivity contribution is -0.131. The number of carbonyl (C=O) groups excluding carboxylic acids is 4. The van der Waals surface area contributed by atoms with Gasteiger partial charge in [-0.2, -0.15) is 11.8 Å². The van der Waals surface area contributed by atoms with Crippen molar-refractivity contribution in [1.82, 2.24) is 21.3 Å². The highest BCUT2D eigenvalue weighted by molar-refractivity contribution is 7.98. The van der Waals surface area contributed by atoms with Crippen LogP contribution in [0.4, 0.5) is 4.79 Å². The number of thioether (sulfide) groups is 1. The predicted molar refractivity (Wildman–Crippen MR) is 171 cm³/mol. The standard InChI is InChI=1S/C31H58N4O7S/c1-18(2)16-23(25(37)17-20(5)27(38)32-21-12-10-11-13-24(21)36)34-28(39)22(14-15-43-9)33-29(40)26(19(3)4)35-30(41)42-31(6,7)8/h18-26,36-37H,10-17H2,1-9H3,(H,32,38)(H,33,40)(H,34,39)(H,35,41)/t20-,21-,22+,23+,24+,25+,26+/m1/s1. The van der Waals surface area contributed by atoms with Gasteiger partial charge in [0.15, 0.2) is 0 Å². The molecule has 0 spiro atoms. The van der Waals surface area contributed by atoms with Crippen molar-refractivity contribution in [3.05, 3.63) is 0 Å². The highest BCUT2D eigenvalue weighted by atomic mass is 32.2. The van der Waals surface area contributed by atoms with Gasteiger partial charge in [0, 0.05) is 5.92 Å². The van der Waals surface area contributed by atoms with Gasteiger partial charge in [-0.05, 0) is 76.7 Å². The third kappa shape index (κ3) is 15.0. The maximum absolute atomic E-state index is 13.5. The van der Waals surface area contributed by atoms with E-state index < -0.39 is 59.8 Å². The van der Waals surface area contributed by atoms with Crippen molar-refractivity contribution >= 4 is 35.6 Å². The molecule has 0 saturated heterocycles. The van der Waals surface area contributed by atoms with E-state index in [-0.39, 0.29) is 30.2 Å². The molecule has 250 valence electrons. The van der Waals surface area contributed by atoms with Crippen LogP contribution in [0.25, 0.3) is 0 Å². The predicted octanol–water partition coefficient (Wildman–Crippen LogP) is 3.11. The molecule has 1 saturated carbocycles. The zero-order valence-corrected chi connectivity index (χ0v) is 28.5. The summed E-state index contributed by atoms with van der Waals surface area (Å²) in [6.07, 6.45) is 3.84. The minimum absolute atomic E-state index is 0.128. The molecule has 0 radical (unpaired) electrons. The molecule has 0 aliphatic heterocycles. The molecule has 0 aromatic rings. The topological polar surface area (TPSA) is 166 Å². The molecule has 0 aromatic carbocycles. The van der Waals surface area contributed by atoms with E-state index in [1.807, 2.05) is 20.1 Å². The van der Waals surface area contributed by atoms with E-state index in [4.69, 9.17) is 4.74 Å². The van der Waals surface area contributed by atoms with Gasteiger partial charge in [0.05, 0.1) is 24.3 Å².